The Hall–Kier alpha value is -4.71. The van der Waals surface area contributed by atoms with Crippen LogP contribution >= 0.6 is 0 Å². The van der Waals surface area contributed by atoms with Crippen LogP contribution in [0.3, 0.4) is 0 Å². The van der Waals surface area contributed by atoms with E-state index in [4.69, 9.17) is 9.72 Å². The molecule has 3 fully saturated rings. The van der Waals surface area contributed by atoms with E-state index in [2.05, 4.69) is 50.8 Å². The second-order valence-corrected chi connectivity index (χ2v) is 12.0. The quantitative estimate of drug-likeness (QED) is 0.315. The number of cyclic esters (lactones) is 1. The Labute approximate surface area is 255 Å². The number of rotatable bonds is 7. The van der Waals surface area contributed by atoms with Crippen LogP contribution in [0.2, 0.25) is 0 Å². The zero-order valence-electron chi connectivity index (χ0n) is 25.0. The van der Waals surface area contributed by atoms with Gasteiger partial charge in [0.1, 0.15) is 17.8 Å². The van der Waals surface area contributed by atoms with Gasteiger partial charge in [-0.15, -0.1) is 6.58 Å². The minimum Gasteiger partial charge on any atom is -0.447 e. The topological polar surface area (TPSA) is 114 Å². The molecule has 1 N–H and O–H groups in total. The molecule has 1 spiro atoms. The molecule has 0 radical (unpaired) electrons. The van der Waals surface area contributed by atoms with Crippen LogP contribution in [-0.4, -0.2) is 81.7 Å². The Morgan fingerprint density at radius 3 is 2.39 bits per heavy atom. The SMILES string of the molecule is C=CCn1c(=O)c2cnc(Nc3ccc(N4CCC5(CCN(C)CC5)CC4)cc3)nc2n1-c1cccc(N2CCOC2=O)n1. The Kier molecular flexibility index (Phi) is 7.29. The van der Waals surface area contributed by atoms with Crippen molar-refractivity contribution in [3.63, 3.8) is 0 Å². The number of benzene rings is 1. The van der Waals surface area contributed by atoms with E-state index in [1.54, 1.807) is 29.0 Å². The number of aromatic nitrogens is 5. The molecule has 1 amide bonds. The van der Waals surface area contributed by atoms with Crippen LogP contribution in [0.15, 0.2) is 66.1 Å². The molecule has 12 nitrogen and oxygen atoms in total. The van der Waals surface area contributed by atoms with Crippen LogP contribution in [0.1, 0.15) is 25.7 Å². The maximum Gasteiger partial charge on any atom is 0.415 e. The van der Waals surface area contributed by atoms with Gasteiger partial charge in [-0.3, -0.25) is 9.69 Å². The van der Waals surface area contributed by atoms with E-state index in [1.807, 2.05) is 12.1 Å². The molecule has 228 valence electrons. The molecule has 44 heavy (non-hydrogen) atoms. The first-order chi connectivity index (χ1) is 21.4. The molecule has 6 heterocycles. The number of piperidine rings is 2. The number of pyridine rings is 1. The van der Waals surface area contributed by atoms with Gasteiger partial charge in [0.05, 0.1) is 13.1 Å². The molecule has 3 aliphatic heterocycles. The summed E-state index contributed by atoms with van der Waals surface area (Å²) < 4.78 is 8.24. The number of nitrogens with one attached hydrogen (secondary N) is 1. The standard InChI is InChI=1S/C32H37N9O3/c1-3-15-40-29(42)25-22-33-30(36-28(25)41(40)27-6-4-5-26(35-27)39-20-21-44-31(39)43)34-23-7-9-24(10-8-23)38-18-13-32(14-19-38)11-16-37(2)17-12-32/h3-10,22H,1,11-21H2,2H3,(H,33,34,36). The summed E-state index contributed by atoms with van der Waals surface area (Å²) in [5.41, 5.74) is 2.73. The summed E-state index contributed by atoms with van der Waals surface area (Å²) in [6, 6.07) is 13.7. The van der Waals surface area contributed by atoms with Gasteiger partial charge in [0.15, 0.2) is 11.5 Å². The van der Waals surface area contributed by atoms with Crippen molar-refractivity contribution in [3.8, 4) is 5.82 Å². The lowest BCUT2D eigenvalue weighted by molar-refractivity contribution is 0.0945. The summed E-state index contributed by atoms with van der Waals surface area (Å²) in [6.45, 7) is 9.36. The molecule has 3 saturated heterocycles. The average molecular weight is 596 g/mol. The highest BCUT2D eigenvalue weighted by Gasteiger charge is 2.36. The van der Waals surface area contributed by atoms with Crippen molar-refractivity contribution in [3.05, 3.63) is 71.7 Å². The van der Waals surface area contributed by atoms with Crippen LogP contribution in [0.5, 0.6) is 0 Å². The second-order valence-electron chi connectivity index (χ2n) is 12.0. The number of carbonyl (C=O) groups is 1. The van der Waals surface area contributed by atoms with E-state index in [1.165, 1.54) is 60.2 Å². The van der Waals surface area contributed by atoms with E-state index in [-0.39, 0.29) is 12.1 Å². The highest BCUT2D eigenvalue weighted by atomic mass is 16.6. The molecule has 3 aromatic heterocycles. The Balaban J connectivity index is 1.13. The largest absolute Gasteiger partial charge is 0.447 e. The third kappa shape index (κ3) is 5.19. The van der Waals surface area contributed by atoms with E-state index >= 15 is 0 Å². The predicted octanol–water partition coefficient (Wildman–Crippen LogP) is 4.18. The van der Waals surface area contributed by atoms with Crippen molar-refractivity contribution in [1.29, 1.82) is 0 Å². The number of allylic oxidation sites excluding steroid dienone is 1. The highest BCUT2D eigenvalue weighted by Crippen LogP contribution is 2.42. The third-order valence-electron chi connectivity index (χ3n) is 9.31. The van der Waals surface area contributed by atoms with Gasteiger partial charge in [-0.25, -0.2) is 24.1 Å². The molecular formula is C32H37N9O3. The van der Waals surface area contributed by atoms with Crippen molar-refractivity contribution in [2.24, 2.45) is 5.41 Å². The van der Waals surface area contributed by atoms with E-state index in [9.17, 15) is 9.59 Å². The molecule has 0 unspecified atom stereocenters. The van der Waals surface area contributed by atoms with Crippen molar-refractivity contribution in [2.45, 2.75) is 32.2 Å². The fourth-order valence-corrected chi connectivity index (χ4v) is 6.61. The Morgan fingerprint density at radius 1 is 0.955 bits per heavy atom. The number of ether oxygens (including phenoxy) is 1. The van der Waals surface area contributed by atoms with Gasteiger partial charge in [-0.1, -0.05) is 12.1 Å². The fourth-order valence-electron chi connectivity index (χ4n) is 6.61. The first kappa shape index (κ1) is 28.1. The lowest BCUT2D eigenvalue weighted by atomic mass is 9.71. The number of nitrogens with zero attached hydrogens (tertiary/aromatic N) is 8. The van der Waals surface area contributed by atoms with Gasteiger partial charge in [-0.05, 0) is 87.6 Å². The number of likely N-dealkylation sites (tertiary alicyclic amines) is 1. The number of anilines is 4. The highest BCUT2D eigenvalue weighted by molar-refractivity contribution is 5.88. The smallest absolute Gasteiger partial charge is 0.415 e. The van der Waals surface area contributed by atoms with Gasteiger partial charge in [0.2, 0.25) is 5.95 Å². The summed E-state index contributed by atoms with van der Waals surface area (Å²) in [5, 5.41) is 3.65. The molecule has 0 bridgehead atoms. The maximum absolute atomic E-state index is 13.4. The normalized spacial score (nSPS) is 18.6. The minimum atomic E-state index is -0.447. The number of hydrogen-bond acceptors (Lipinski definition) is 9. The van der Waals surface area contributed by atoms with Gasteiger partial charge < -0.3 is 19.9 Å². The van der Waals surface area contributed by atoms with Crippen LogP contribution in [0.25, 0.3) is 16.9 Å². The summed E-state index contributed by atoms with van der Waals surface area (Å²) in [6.07, 6.45) is 7.85. The summed E-state index contributed by atoms with van der Waals surface area (Å²) in [4.78, 5) is 45.8. The third-order valence-corrected chi connectivity index (χ3v) is 9.31. The van der Waals surface area contributed by atoms with Crippen LogP contribution in [0, 0.1) is 5.41 Å². The number of hydrogen-bond donors (Lipinski definition) is 1. The van der Waals surface area contributed by atoms with E-state index < -0.39 is 6.09 Å². The second kappa shape index (κ2) is 11.4. The van der Waals surface area contributed by atoms with Crippen LogP contribution in [0.4, 0.5) is 27.9 Å². The van der Waals surface area contributed by atoms with Crippen molar-refractivity contribution < 1.29 is 9.53 Å². The maximum atomic E-state index is 13.4. The molecule has 12 heteroatoms. The minimum absolute atomic E-state index is 0.242. The van der Waals surface area contributed by atoms with E-state index in [0.29, 0.717) is 47.2 Å². The monoisotopic (exact) mass is 595 g/mol. The molecule has 0 aliphatic carbocycles. The molecule has 7 rings (SSSR count). The summed E-state index contributed by atoms with van der Waals surface area (Å²) in [7, 11) is 2.23. The molecule has 3 aliphatic rings. The number of amides is 1. The Bertz CT molecular complexity index is 1750. The van der Waals surface area contributed by atoms with Crippen LogP contribution < -0.4 is 20.7 Å². The van der Waals surface area contributed by atoms with E-state index in [0.717, 1.165) is 18.8 Å². The fraction of sp³-hybridized carbons (Fsp3) is 0.406. The summed E-state index contributed by atoms with van der Waals surface area (Å²) >= 11 is 0. The lowest BCUT2D eigenvalue weighted by Gasteiger charge is -2.46. The molecule has 1 aromatic carbocycles. The van der Waals surface area contributed by atoms with Crippen LogP contribution in [-0.2, 0) is 11.3 Å². The van der Waals surface area contributed by atoms with Gasteiger partial charge in [0.25, 0.3) is 5.56 Å². The molecule has 0 atom stereocenters. The number of fused-ring (bicyclic) bond motifs is 1. The zero-order valence-corrected chi connectivity index (χ0v) is 25.0. The van der Waals surface area contributed by atoms with Gasteiger partial charge in [0, 0.05) is 30.7 Å². The lowest BCUT2D eigenvalue weighted by Crippen LogP contribution is -2.46. The van der Waals surface area contributed by atoms with Crippen molar-refractivity contribution in [1.82, 2.24) is 29.2 Å². The first-order valence-corrected chi connectivity index (χ1v) is 15.2. The first-order valence-electron chi connectivity index (χ1n) is 15.2. The Morgan fingerprint density at radius 2 is 1.68 bits per heavy atom. The predicted molar refractivity (Wildman–Crippen MR) is 170 cm³/mol. The van der Waals surface area contributed by atoms with Gasteiger partial charge in [-0.2, -0.15) is 4.98 Å². The molecular weight excluding hydrogens is 558 g/mol. The van der Waals surface area contributed by atoms with Crippen molar-refractivity contribution >= 4 is 40.3 Å². The van der Waals surface area contributed by atoms with Gasteiger partial charge >= 0.3 is 6.09 Å². The molecule has 0 saturated carbocycles. The van der Waals surface area contributed by atoms with Crippen molar-refractivity contribution in [2.75, 3.05) is 61.5 Å². The number of carbonyl (C=O) groups excluding carboxylic acids is 1. The average Bonchev–Trinajstić information content (AvgIpc) is 3.60. The zero-order chi connectivity index (χ0) is 30.3. The molecule has 4 aromatic rings. The summed E-state index contributed by atoms with van der Waals surface area (Å²) in [5.74, 6) is 1.23.